The number of hydrogen-bond donors (Lipinski definition) is 0. The number of benzene rings is 1. The van der Waals surface area contributed by atoms with Gasteiger partial charge in [-0.3, -0.25) is 4.79 Å². The van der Waals surface area contributed by atoms with Gasteiger partial charge < -0.3 is 9.64 Å². The van der Waals surface area contributed by atoms with E-state index in [0.29, 0.717) is 5.75 Å². The van der Waals surface area contributed by atoms with Crippen LogP contribution >= 0.6 is 0 Å². The molecule has 0 bridgehead atoms. The summed E-state index contributed by atoms with van der Waals surface area (Å²) in [7, 11) is 0. The predicted octanol–water partition coefficient (Wildman–Crippen LogP) is 2.99. The highest BCUT2D eigenvalue weighted by Crippen LogP contribution is 2.22. The van der Waals surface area contributed by atoms with Crippen molar-refractivity contribution < 1.29 is 13.9 Å². The van der Waals surface area contributed by atoms with Crippen molar-refractivity contribution in [2.75, 3.05) is 6.61 Å². The lowest BCUT2D eigenvalue weighted by Crippen LogP contribution is -2.49. The Balaban J connectivity index is 1.91. The quantitative estimate of drug-likeness (QED) is 0.841. The van der Waals surface area contributed by atoms with Crippen molar-refractivity contribution >= 4 is 5.91 Å². The minimum Gasteiger partial charge on any atom is -0.484 e. The molecule has 0 radical (unpaired) electrons. The van der Waals surface area contributed by atoms with E-state index < -0.39 is 0 Å². The van der Waals surface area contributed by atoms with Gasteiger partial charge in [0.2, 0.25) is 0 Å². The summed E-state index contributed by atoms with van der Waals surface area (Å²) in [5, 5.41) is 0. The van der Waals surface area contributed by atoms with Gasteiger partial charge in [0.25, 0.3) is 5.91 Å². The summed E-state index contributed by atoms with van der Waals surface area (Å²) in [6.45, 7) is 4.16. The number of amides is 1. The third-order valence-electron chi connectivity index (χ3n) is 3.66. The molecule has 0 saturated carbocycles. The highest BCUT2D eigenvalue weighted by Gasteiger charge is 2.28. The molecule has 1 aliphatic rings. The van der Waals surface area contributed by atoms with E-state index in [4.69, 9.17) is 4.74 Å². The van der Waals surface area contributed by atoms with Crippen molar-refractivity contribution in [2.24, 2.45) is 0 Å². The van der Waals surface area contributed by atoms with Gasteiger partial charge >= 0.3 is 0 Å². The zero-order valence-electron chi connectivity index (χ0n) is 11.4. The maximum absolute atomic E-state index is 12.7. The molecule has 0 aliphatic carbocycles. The Labute approximate surface area is 113 Å². The Bertz CT molecular complexity index is 422. The highest BCUT2D eigenvalue weighted by atomic mass is 19.1. The highest BCUT2D eigenvalue weighted by molar-refractivity contribution is 5.78. The van der Waals surface area contributed by atoms with Gasteiger partial charge in [0, 0.05) is 12.1 Å². The molecule has 1 fully saturated rings. The number of likely N-dealkylation sites (tertiary alicyclic amines) is 1. The minimum absolute atomic E-state index is 0.00373. The molecule has 104 valence electrons. The first-order chi connectivity index (χ1) is 9.08. The summed E-state index contributed by atoms with van der Waals surface area (Å²) < 4.78 is 18.2. The number of halogens is 1. The molecule has 0 aromatic heterocycles. The minimum atomic E-state index is -0.308. The van der Waals surface area contributed by atoms with Gasteiger partial charge in [-0.15, -0.1) is 0 Å². The predicted molar refractivity (Wildman–Crippen MR) is 71.5 cm³/mol. The SMILES string of the molecule is C[C@@H]1CCC[C@H](C)N1C(=O)COc1ccc(F)cc1. The van der Waals surface area contributed by atoms with Crippen LogP contribution < -0.4 is 4.74 Å². The molecule has 1 heterocycles. The zero-order chi connectivity index (χ0) is 13.8. The molecule has 0 N–H and O–H groups in total. The van der Waals surface area contributed by atoms with Crippen LogP contribution in [0.2, 0.25) is 0 Å². The first-order valence-electron chi connectivity index (χ1n) is 6.77. The largest absolute Gasteiger partial charge is 0.484 e. The fraction of sp³-hybridized carbons (Fsp3) is 0.533. The first kappa shape index (κ1) is 13.8. The van der Waals surface area contributed by atoms with Crippen LogP contribution in [0.4, 0.5) is 4.39 Å². The Hall–Kier alpha value is -1.58. The fourth-order valence-corrected chi connectivity index (χ4v) is 2.66. The number of carbonyl (C=O) groups excluding carboxylic acids is 1. The van der Waals surface area contributed by atoms with Crippen molar-refractivity contribution in [3.8, 4) is 5.75 Å². The number of nitrogens with zero attached hydrogens (tertiary/aromatic N) is 1. The molecule has 3 nitrogen and oxygen atoms in total. The van der Waals surface area contributed by atoms with Gasteiger partial charge in [-0.25, -0.2) is 4.39 Å². The molecular formula is C15H20FNO2. The average Bonchev–Trinajstić information content (AvgIpc) is 2.38. The fourth-order valence-electron chi connectivity index (χ4n) is 2.66. The second kappa shape index (κ2) is 6.04. The number of carbonyl (C=O) groups is 1. The Kier molecular flexibility index (Phi) is 4.40. The monoisotopic (exact) mass is 265 g/mol. The second-order valence-electron chi connectivity index (χ2n) is 5.17. The summed E-state index contributed by atoms with van der Waals surface area (Å²) in [6.07, 6.45) is 3.27. The molecule has 1 amide bonds. The van der Waals surface area contributed by atoms with E-state index in [1.165, 1.54) is 30.7 Å². The summed E-state index contributed by atoms with van der Waals surface area (Å²) in [6, 6.07) is 6.26. The Morgan fingerprint density at radius 2 is 1.84 bits per heavy atom. The summed E-state index contributed by atoms with van der Waals surface area (Å²) >= 11 is 0. The van der Waals surface area contributed by atoms with E-state index >= 15 is 0 Å². The van der Waals surface area contributed by atoms with Gasteiger partial charge in [-0.05, 0) is 57.4 Å². The molecule has 1 aromatic carbocycles. The molecular weight excluding hydrogens is 245 g/mol. The van der Waals surface area contributed by atoms with Gasteiger partial charge in [0.05, 0.1) is 0 Å². The molecule has 2 rings (SSSR count). The lowest BCUT2D eigenvalue weighted by atomic mass is 9.97. The third kappa shape index (κ3) is 3.46. The third-order valence-corrected chi connectivity index (χ3v) is 3.66. The van der Waals surface area contributed by atoms with Crippen LogP contribution in [0.15, 0.2) is 24.3 Å². The van der Waals surface area contributed by atoms with Gasteiger partial charge in [0.15, 0.2) is 6.61 Å². The van der Waals surface area contributed by atoms with Gasteiger partial charge in [0.1, 0.15) is 11.6 Å². The number of hydrogen-bond acceptors (Lipinski definition) is 2. The number of ether oxygens (including phenoxy) is 1. The molecule has 2 atom stereocenters. The number of piperidine rings is 1. The molecule has 1 saturated heterocycles. The van der Waals surface area contributed by atoms with E-state index in [1.54, 1.807) is 0 Å². The van der Waals surface area contributed by atoms with E-state index in [2.05, 4.69) is 13.8 Å². The zero-order valence-corrected chi connectivity index (χ0v) is 11.4. The van der Waals surface area contributed by atoms with Crippen LogP contribution in [0.25, 0.3) is 0 Å². The Morgan fingerprint density at radius 1 is 1.26 bits per heavy atom. The first-order valence-corrected chi connectivity index (χ1v) is 6.77. The average molecular weight is 265 g/mol. The lowest BCUT2D eigenvalue weighted by Gasteiger charge is -2.38. The van der Waals surface area contributed by atoms with Crippen LogP contribution in [-0.4, -0.2) is 29.5 Å². The second-order valence-corrected chi connectivity index (χ2v) is 5.17. The van der Waals surface area contributed by atoms with Crippen LogP contribution in [0.3, 0.4) is 0 Å². The summed E-state index contributed by atoms with van der Waals surface area (Å²) in [4.78, 5) is 14.1. The lowest BCUT2D eigenvalue weighted by molar-refractivity contribution is -0.139. The van der Waals surface area contributed by atoms with Crippen molar-refractivity contribution in [3.05, 3.63) is 30.1 Å². The topological polar surface area (TPSA) is 29.5 Å². The van der Waals surface area contributed by atoms with Crippen molar-refractivity contribution in [1.29, 1.82) is 0 Å². The van der Waals surface area contributed by atoms with Crippen molar-refractivity contribution in [1.82, 2.24) is 4.90 Å². The molecule has 0 spiro atoms. The van der Waals surface area contributed by atoms with Crippen molar-refractivity contribution in [2.45, 2.75) is 45.2 Å². The van der Waals surface area contributed by atoms with Crippen LogP contribution in [-0.2, 0) is 4.79 Å². The van der Waals surface area contributed by atoms with Crippen LogP contribution in [0.5, 0.6) is 5.75 Å². The van der Waals surface area contributed by atoms with Crippen LogP contribution in [0, 0.1) is 5.82 Å². The molecule has 19 heavy (non-hydrogen) atoms. The normalized spacial score (nSPS) is 23.2. The maximum Gasteiger partial charge on any atom is 0.260 e. The number of rotatable bonds is 3. The summed E-state index contributed by atoms with van der Waals surface area (Å²) in [5.74, 6) is 0.216. The van der Waals surface area contributed by atoms with E-state index in [9.17, 15) is 9.18 Å². The van der Waals surface area contributed by atoms with Crippen molar-refractivity contribution in [3.63, 3.8) is 0 Å². The molecule has 1 aromatic rings. The standard InChI is InChI=1S/C15H20FNO2/c1-11-4-3-5-12(2)17(11)15(18)10-19-14-8-6-13(16)7-9-14/h6-9,11-12H,3-5,10H2,1-2H3/t11-,12+. The van der Waals surface area contributed by atoms with Gasteiger partial charge in [-0.2, -0.15) is 0 Å². The van der Waals surface area contributed by atoms with E-state index in [0.717, 1.165) is 12.8 Å². The van der Waals surface area contributed by atoms with E-state index in [-0.39, 0.29) is 30.4 Å². The maximum atomic E-state index is 12.7. The molecule has 1 aliphatic heterocycles. The smallest absolute Gasteiger partial charge is 0.260 e. The van der Waals surface area contributed by atoms with E-state index in [1.807, 2.05) is 4.90 Å². The summed E-state index contributed by atoms with van der Waals surface area (Å²) in [5.41, 5.74) is 0. The Morgan fingerprint density at radius 3 is 2.42 bits per heavy atom. The van der Waals surface area contributed by atoms with Gasteiger partial charge in [-0.1, -0.05) is 0 Å². The molecule has 0 unspecified atom stereocenters. The molecule has 4 heteroatoms. The van der Waals surface area contributed by atoms with Crippen LogP contribution in [0.1, 0.15) is 33.1 Å².